The van der Waals surface area contributed by atoms with Crippen LogP contribution in [0.2, 0.25) is 0 Å². The van der Waals surface area contributed by atoms with Gasteiger partial charge in [0.15, 0.2) is 0 Å². The molecule has 0 bridgehead atoms. The van der Waals surface area contributed by atoms with Gasteiger partial charge >= 0.3 is 0 Å². The molecule has 0 saturated heterocycles. The van der Waals surface area contributed by atoms with Crippen LogP contribution in [0, 0.1) is 0 Å². The average Bonchev–Trinajstić information content (AvgIpc) is 2.06. The summed E-state index contributed by atoms with van der Waals surface area (Å²) in [5, 5.41) is 0. The van der Waals surface area contributed by atoms with Crippen LogP contribution in [0.25, 0.3) is 0 Å². The Bertz CT molecular complexity index is 98.5. The van der Waals surface area contributed by atoms with Crippen LogP contribution in [0.15, 0.2) is 0 Å². The molecular weight excluding hydrogens is 376 g/mol. The predicted octanol–water partition coefficient (Wildman–Crippen LogP) is 3.35. The summed E-state index contributed by atoms with van der Waals surface area (Å²) >= 11 is 4.91. The molecule has 0 saturated carbocycles. The zero-order chi connectivity index (χ0) is 9.40. The lowest BCUT2D eigenvalue weighted by Crippen LogP contribution is -2.32. The molecule has 12 heavy (non-hydrogen) atoms. The highest BCUT2D eigenvalue weighted by atomic mass is 127. The van der Waals surface area contributed by atoms with Crippen LogP contribution in [0.3, 0.4) is 0 Å². The minimum Gasteiger partial charge on any atom is -0.303 e. The summed E-state index contributed by atoms with van der Waals surface area (Å²) in [7, 11) is 2.25. The monoisotopic (exact) mass is 395 g/mol. The van der Waals surface area contributed by atoms with Crippen molar-refractivity contribution in [1.29, 1.82) is 0 Å². The second kappa shape index (κ2) is 8.99. The van der Waals surface area contributed by atoms with Gasteiger partial charge in [-0.2, -0.15) is 0 Å². The van der Waals surface area contributed by atoms with Gasteiger partial charge in [-0.25, -0.2) is 0 Å². The van der Waals surface area contributed by atoms with Crippen molar-refractivity contribution >= 4 is 45.2 Å². The van der Waals surface area contributed by atoms with E-state index in [1.807, 2.05) is 0 Å². The molecule has 0 heterocycles. The Morgan fingerprint density at radius 3 is 2.33 bits per heavy atom. The van der Waals surface area contributed by atoms with Gasteiger partial charge < -0.3 is 4.90 Å². The number of hydrogen-bond donors (Lipinski definition) is 0. The summed E-state index contributed by atoms with van der Waals surface area (Å²) in [4.78, 5) is 2.50. The van der Waals surface area contributed by atoms with Crippen LogP contribution < -0.4 is 0 Å². The third-order valence-corrected chi connectivity index (χ3v) is 3.45. The van der Waals surface area contributed by atoms with E-state index in [1.165, 1.54) is 34.7 Å². The van der Waals surface area contributed by atoms with Gasteiger partial charge in [0.1, 0.15) is 0 Å². The van der Waals surface area contributed by atoms with Crippen molar-refractivity contribution in [3.05, 3.63) is 0 Å². The molecule has 0 fully saturated rings. The topological polar surface area (TPSA) is 3.24 Å². The first-order valence-electron chi connectivity index (χ1n) is 4.58. The van der Waals surface area contributed by atoms with Gasteiger partial charge in [-0.15, -0.1) is 0 Å². The lowest BCUT2D eigenvalue weighted by atomic mass is 10.1. The molecule has 0 aliphatic heterocycles. The molecule has 0 amide bonds. The zero-order valence-corrected chi connectivity index (χ0v) is 12.3. The maximum Gasteiger partial charge on any atom is 0.0123 e. The normalized spacial score (nSPS) is 13.8. The van der Waals surface area contributed by atoms with E-state index < -0.39 is 0 Å². The largest absolute Gasteiger partial charge is 0.303 e. The van der Waals surface area contributed by atoms with E-state index in [9.17, 15) is 0 Å². The van der Waals surface area contributed by atoms with Crippen molar-refractivity contribution in [2.24, 2.45) is 0 Å². The zero-order valence-electron chi connectivity index (χ0n) is 8.02. The summed E-state index contributed by atoms with van der Waals surface area (Å²) in [6.45, 7) is 3.53. The third kappa shape index (κ3) is 5.96. The van der Waals surface area contributed by atoms with Crippen molar-refractivity contribution in [2.45, 2.75) is 32.2 Å². The second-order valence-electron chi connectivity index (χ2n) is 3.06. The highest BCUT2D eigenvalue weighted by Gasteiger charge is 2.10. The van der Waals surface area contributed by atoms with Gasteiger partial charge in [-0.05, 0) is 30.7 Å². The smallest absolute Gasteiger partial charge is 0.0123 e. The fourth-order valence-corrected chi connectivity index (χ4v) is 2.57. The average molecular weight is 395 g/mol. The van der Waals surface area contributed by atoms with E-state index >= 15 is 0 Å². The van der Waals surface area contributed by atoms with Crippen molar-refractivity contribution in [3.63, 3.8) is 0 Å². The van der Waals surface area contributed by atoms with E-state index in [4.69, 9.17) is 0 Å². The molecule has 1 atom stereocenters. The van der Waals surface area contributed by atoms with Crippen molar-refractivity contribution in [3.8, 4) is 0 Å². The van der Waals surface area contributed by atoms with Crippen molar-refractivity contribution < 1.29 is 0 Å². The molecule has 1 unspecified atom stereocenters. The summed E-state index contributed by atoms with van der Waals surface area (Å²) in [6.07, 6.45) is 4.03. The maximum absolute atomic E-state index is 2.50. The number of hydrogen-bond acceptors (Lipinski definition) is 1. The molecule has 0 aromatic carbocycles. The molecule has 0 radical (unpaired) electrons. The summed E-state index contributed by atoms with van der Waals surface area (Å²) < 4.78 is 2.54. The molecule has 1 nitrogen and oxygen atoms in total. The molecule has 0 N–H and O–H groups in total. The first-order chi connectivity index (χ1) is 5.76. The summed E-state index contributed by atoms with van der Waals surface area (Å²) in [5.41, 5.74) is 0. The fraction of sp³-hybridized carbons (Fsp3) is 1.00. The Morgan fingerprint density at radius 2 is 1.92 bits per heavy atom. The van der Waals surface area contributed by atoms with Crippen molar-refractivity contribution in [1.82, 2.24) is 4.90 Å². The highest BCUT2D eigenvalue weighted by Crippen LogP contribution is 2.10. The molecule has 74 valence electrons. The van der Waals surface area contributed by atoms with Crippen molar-refractivity contribution in [2.75, 3.05) is 22.4 Å². The molecule has 0 aliphatic carbocycles. The summed E-state index contributed by atoms with van der Waals surface area (Å²) in [6, 6.07) is 0.814. The molecular formula is C9H19I2N. The molecule has 0 aliphatic rings. The Morgan fingerprint density at radius 1 is 1.25 bits per heavy atom. The Kier molecular flexibility index (Phi) is 10.1. The van der Waals surface area contributed by atoms with Crippen LogP contribution in [0.5, 0.6) is 0 Å². The predicted molar refractivity (Wildman–Crippen MR) is 73.7 cm³/mol. The van der Waals surface area contributed by atoms with Gasteiger partial charge in [0.05, 0.1) is 0 Å². The standard InChI is InChI=1S/C9H19I2N/c1-3-9(5-4-6-10)12(2)8-7-11/h9H,3-8H2,1-2H3. The van der Waals surface area contributed by atoms with Crippen LogP contribution in [0.1, 0.15) is 26.2 Å². The minimum atomic E-state index is 0.814. The number of halogens is 2. The fourth-order valence-electron chi connectivity index (χ4n) is 1.36. The van der Waals surface area contributed by atoms with Gasteiger partial charge in [0.25, 0.3) is 0 Å². The van der Waals surface area contributed by atoms with Gasteiger partial charge in [-0.3, -0.25) is 0 Å². The number of nitrogens with zero attached hydrogens (tertiary/aromatic N) is 1. The first-order valence-corrected chi connectivity index (χ1v) is 7.63. The molecule has 0 spiro atoms. The van der Waals surface area contributed by atoms with Crippen LogP contribution in [-0.4, -0.2) is 33.4 Å². The summed E-state index contributed by atoms with van der Waals surface area (Å²) in [5.74, 6) is 0. The Balaban J connectivity index is 3.62. The van der Waals surface area contributed by atoms with E-state index in [-0.39, 0.29) is 0 Å². The second-order valence-corrected chi connectivity index (χ2v) is 5.22. The molecule has 0 aromatic rings. The number of rotatable bonds is 7. The lowest BCUT2D eigenvalue weighted by Gasteiger charge is -2.26. The minimum absolute atomic E-state index is 0.814. The lowest BCUT2D eigenvalue weighted by molar-refractivity contribution is 0.237. The van der Waals surface area contributed by atoms with E-state index in [0.29, 0.717) is 0 Å². The van der Waals surface area contributed by atoms with Crippen LogP contribution in [-0.2, 0) is 0 Å². The third-order valence-electron chi connectivity index (χ3n) is 2.20. The molecule has 3 heteroatoms. The maximum atomic E-state index is 2.50. The molecule has 0 rings (SSSR count). The van der Waals surface area contributed by atoms with E-state index in [0.717, 1.165) is 6.04 Å². The Labute approximate surface area is 104 Å². The first kappa shape index (κ1) is 13.4. The highest BCUT2D eigenvalue weighted by molar-refractivity contribution is 14.1. The van der Waals surface area contributed by atoms with Gasteiger partial charge in [0.2, 0.25) is 0 Å². The van der Waals surface area contributed by atoms with E-state index in [1.54, 1.807) is 0 Å². The van der Waals surface area contributed by atoms with E-state index in [2.05, 4.69) is 64.1 Å². The van der Waals surface area contributed by atoms with Gasteiger partial charge in [0, 0.05) is 17.0 Å². The Hall–Kier alpha value is 1.42. The quantitative estimate of drug-likeness (QED) is 0.472. The number of alkyl halides is 2. The van der Waals surface area contributed by atoms with Crippen LogP contribution in [0.4, 0.5) is 0 Å². The molecule has 0 aromatic heterocycles. The van der Waals surface area contributed by atoms with Gasteiger partial charge in [-0.1, -0.05) is 52.1 Å². The van der Waals surface area contributed by atoms with Crippen LogP contribution >= 0.6 is 45.2 Å². The SMILES string of the molecule is CCC(CCCI)N(C)CCI.